The number of nitrogens with zero attached hydrogens (tertiary/aromatic N) is 2. The molecule has 3 nitrogen and oxygen atoms in total. The molecule has 4 heteroatoms. The Bertz CT molecular complexity index is 220. The minimum Gasteiger partial charge on any atom is -0.393 e. The van der Waals surface area contributed by atoms with E-state index in [4.69, 9.17) is 18.0 Å². The van der Waals surface area contributed by atoms with Crippen LogP contribution in [0.2, 0.25) is 0 Å². The number of likely N-dealkylation sites (N-methyl/N-ethyl adjacent to an activating group) is 2. The average molecular weight is 243 g/mol. The first-order valence-electron chi connectivity index (χ1n) is 6.34. The second-order valence-electron chi connectivity index (χ2n) is 4.76. The largest absolute Gasteiger partial charge is 0.393 e. The number of rotatable bonds is 7. The fourth-order valence-corrected chi connectivity index (χ4v) is 2.64. The van der Waals surface area contributed by atoms with Gasteiger partial charge in [-0.15, -0.1) is 0 Å². The summed E-state index contributed by atoms with van der Waals surface area (Å²) in [7, 11) is 2.20. The highest BCUT2D eigenvalue weighted by atomic mass is 32.1. The summed E-state index contributed by atoms with van der Waals surface area (Å²) in [5.41, 5.74) is 5.49. The van der Waals surface area contributed by atoms with Gasteiger partial charge < -0.3 is 10.6 Å². The third kappa shape index (κ3) is 4.76. The Hall–Kier alpha value is -0.190. The van der Waals surface area contributed by atoms with Crippen LogP contribution >= 0.6 is 12.2 Å². The van der Waals surface area contributed by atoms with Crippen LogP contribution in [0, 0.1) is 0 Å². The van der Waals surface area contributed by atoms with Gasteiger partial charge >= 0.3 is 0 Å². The Morgan fingerprint density at radius 3 is 2.94 bits per heavy atom. The molecule has 1 unspecified atom stereocenters. The molecule has 1 fully saturated rings. The average Bonchev–Trinajstić information content (AvgIpc) is 2.64. The summed E-state index contributed by atoms with van der Waals surface area (Å²) in [6.45, 7) is 7.01. The number of likely N-dealkylation sites (tertiary alicyclic amines) is 1. The van der Waals surface area contributed by atoms with Crippen molar-refractivity contribution in [1.29, 1.82) is 0 Å². The van der Waals surface area contributed by atoms with E-state index in [-0.39, 0.29) is 0 Å². The van der Waals surface area contributed by atoms with Gasteiger partial charge in [0.05, 0.1) is 4.99 Å². The molecular formula is C12H25N3S. The monoisotopic (exact) mass is 243 g/mol. The van der Waals surface area contributed by atoms with E-state index >= 15 is 0 Å². The van der Waals surface area contributed by atoms with Crippen LogP contribution in [0.15, 0.2) is 0 Å². The van der Waals surface area contributed by atoms with Crippen molar-refractivity contribution in [2.24, 2.45) is 5.73 Å². The number of hydrogen-bond acceptors (Lipinski definition) is 3. The van der Waals surface area contributed by atoms with E-state index in [1.54, 1.807) is 0 Å². The summed E-state index contributed by atoms with van der Waals surface area (Å²) in [4.78, 5) is 5.64. The van der Waals surface area contributed by atoms with Gasteiger partial charge in [-0.25, -0.2) is 0 Å². The van der Waals surface area contributed by atoms with E-state index in [9.17, 15) is 0 Å². The maximum atomic E-state index is 5.49. The van der Waals surface area contributed by atoms with Crippen molar-refractivity contribution in [2.45, 2.75) is 38.6 Å². The topological polar surface area (TPSA) is 32.5 Å². The molecule has 0 bridgehead atoms. The van der Waals surface area contributed by atoms with Crippen molar-refractivity contribution >= 4 is 17.2 Å². The lowest BCUT2D eigenvalue weighted by Crippen LogP contribution is -2.39. The molecule has 2 N–H and O–H groups in total. The Morgan fingerprint density at radius 2 is 2.31 bits per heavy atom. The fraction of sp³-hybridized carbons (Fsp3) is 0.917. The molecule has 1 saturated heterocycles. The molecule has 16 heavy (non-hydrogen) atoms. The van der Waals surface area contributed by atoms with Gasteiger partial charge in [0.15, 0.2) is 0 Å². The molecule has 0 spiro atoms. The van der Waals surface area contributed by atoms with E-state index in [0.717, 1.165) is 25.4 Å². The summed E-state index contributed by atoms with van der Waals surface area (Å²) < 4.78 is 0. The molecule has 1 atom stereocenters. The van der Waals surface area contributed by atoms with E-state index < -0.39 is 0 Å². The van der Waals surface area contributed by atoms with Crippen LogP contribution in [0.1, 0.15) is 32.6 Å². The summed E-state index contributed by atoms with van der Waals surface area (Å²) in [5.74, 6) is 0. The smallest absolute Gasteiger partial charge is 0.0727 e. The Balaban J connectivity index is 2.17. The summed E-state index contributed by atoms with van der Waals surface area (Å²) in [6, 6.07) is 0.764. The van der Waals surface area contributed by atoms with Crippen LogP contribution in [-0.2, 0) is 0 Å². The number of nitrogens with two attached hydrogens (primary N) is 1. The van der Waals surface area contributed by atoms with Crippen LogP contribution in [0.25, 0.3) is 0 Å². The van der Waals surface area contributed by atoms with Crippen molar-refractivity contribution in [1.82, 2.24) is 9.80 Å². The van der Waals surface area contributed by atoms with Gasteiger partial charge in [-0.05, 0) is 52.4 Å². The van der Waals surface area contributed by atoms with Crippen LogP contribution in [0.4, 0.5) is 0 Å². The van der Waals surface area contributed by atoms with Crippen molar-refractivity contribution < 1.29 is 0 Å². The van der Waals surface area contributed by atoms with Gasteiger partial charge in [0.25, 0.3) is 0 Å². The van der Waals surface area contributed by atoms with E-state index in [1.807, 2.05) is 0 Å². The Labute approximate surface area is 105 Å². The first kappa shape index (κ1) is 13.9. The first-order valence-corrected chi connectivity index (χ1v) is 6.75. The van der Waals surface area contributed by atoms with E-state index in [1.165, 1.54) is 32.5 Å². The molecule has 0 saturated carbocycles. The minimum atomic E-state index is 0.643. The quantitative estimate of drug-likeness (QED) is 0.686. The molecule has 1 aliphatic rings. The molecule has 0 radical (unpaired) electrons. The highest BCUT2D eigenvalue weighted by Crippen LogP contribution is 2.17. The van der Waals surface area contributed by atoms with Gasteiger partial charge in [0, 0.05) is 12.6 Å². The van der Waals surface area contributed by atoms with Crippen molar-refractivity contribution in [3.63, 3.8) is 0 Å². The molecule has 0 aliphatic carbocycles. The standard InChI is InChI=1S/C12H25N3S/c1-3-15-9-4-6-11(15)10-14(2)8-5-7-12(13)16/h11H,3-10H2,1-2H3,(H2,13,16). The van der Waals surface area contributed by atoms with Crippen LogP contribution < -0.4 is 5.73 Å². The van der Waals surface area contributed by atoms with Gasteiger partial charge in [-0.3, -0.25) is 4.90 Å². The molecule has 0 aromatic heterocycles. The molecule has 0 aromatic rings. The lowest BCUT2D eigenvalue weighted by Gasteiger charge is -2.27. The van der Waals surface area contributed by atoms with Gasteiger partial charge in [0.2, 0.25) is 0 Å². The zero-order valence-electron chi connectivity index (χ0n) is 10.6. The van der Waals surface area contributed by atoms with Crippen LogP contribution in [0.5, 0.6) is 0 Å². The van der Waals surface area contributed by atoms with Crippen molar-refractivity contribution in [2.75, 3.05) is 33.2 Å². The predicted octanol–water partition coefficient (Wildman–Crippen LogP) is 1.47. The normalized spacial score (nSPS) is 21.8. The maximum Gasteiger partial charge on any atom is 0.0727 e. The van der Waals surface area contributed by atoms with Crippen LogP contribution in [-0.4, -0.2) is 54.1 Å². The zero-order valence-corrected chi connectivity index (χ0v) is 11.4. The second kappa shape index (κ2) is 7.20. The highest BCUT2D eigenvalue weighted by Gasteiger charge is 2.23. The maximum absolute atomic E-state index is 5.49. The summed E-state index contributed by atoms with van der Waals surface area (Å²) >= 11 is 4.88. The minimum absolute atomic E-state index is 0.643. The summed E-state index contributed by atoms with van der Waals surface area (Å²) in [6.07, 6.45) is 4.68. The predicted molar refractivity (Wildman–Crippen MR) is 73.8 cm³/mol. The molecule has 1 aliphatic heterocycles. The van der Waals surface area contributed by atoms with Crippen molar-refractivity contribution in [3.05, 3.63) is 0 Å². The van der Waals surface area contributed by atoms with Crippen LogP contribution in [0.3, 0.4) is 0 Å². The Morgan fingerprint density at radius 1 is 1.56 bits per heavy atom. The molecule has 0 amide bonds. The van der Waals surface area contributed by atoms with E-state index in [0.29, 0.717) is 4.99 Å². The molecule has 1 heterocycles. The zero-order chi connectivity index (χ0) is 12.0. The highest BCUT2D eigenvalue weighted by molar-refractivity contribution is 7.80. The lowest BCUT2D eigenvalue weighted by atomic mass is 10.2. The molecular weight excluding hydrogens is 218 g/mol. The van der Waals surface area contributed by atoms with Crippen molar-refractivity contribution in [3.8, 4) is 0 Å². The van der Waals surface area contributed by atoms with E-state index in [2.05, 4.69) is 23.8 Å². The third-order valence-corrected chi connectivity index (χ3v) is 3.59. The first-order chi connectivity index (χ1) is 7.63. The lowest BCUT2D eigenvalue weighted by molar-refractivity contribution is 0.198. The number of thiocarbonyl (C=S) groups is 1. The van der Waals surface area contributed by atoms with Gasteiger partial charge in [-0.2, -0.15) is 0 Å². The molecule has 94 valence electrons. The second-order valence-corrected chi connectivity index (χ2v) is 5.28. The Kier molecular flexibility index (Phi) is 6.24. The van der Waals surface area contributed by atoms with Gasteiger partial charge in [-0.1, -0.05) is 19.1 Å². The summed E-state index contributed by atoms with van der Waals surface area (Å²) in [5, 5.41) is 0. The SMILES string of the molecule is CCN1CCCC1CN(C)CCCC(N)=S. The fourth-order valence-electron chi connectivity index (χ4n) is 2.49. The molecule has 0 aromatic carbocycles. The number of hydrogen-bond donors (Lipinski definition) is 1. The van der Waals surface area contributed by atoms with Gasteiger partial charge in [0.1, 0.15) is 0 Å². The molecule has 1 rings (SSSR count). The third-order valence-electron chi connectivity index (χ3n) is 3.39.